The zero-order chi connectivity index (χ0) is 15.0. The molecule has 112 valence electrons. The van der Waals surface area contributed by atoms with E-state index in [9.17, 15) is 5.21 Å². The standard InChI is InChI=1S/C16H22N4O/c1-4-16-17-15-6-5-13(11-14(15)12(2)20(16)21)19-9-7-18(3)8-10-19/h5-6,11H,4,7-10H2,1-3H3. The Morgan fingerprint density at radius 3 is 2.62 bits per heavy atom. The molecule has 0 saturated carbocycles. The minimum absolute atomic E-state index is 0.590. The normalized spacial score (nSPS) is 16.6. The number of aromatic nitrogens is 2. The molecule has 1 aromatic carbocycles. The fraction of sp³-hybridized carbons (Fsp3) is 0.500. The molecular weight excluding hydrogens is 264 g/mol. The van der Waals surface area contributed by atoms with E-state index >= 15 is 0 Å². The molecule has 0 unspecified atom stereocenters. The maximum absolute atomic E-state index is 12.2. The van der Waals surface area contributed by atoms with Crippen molar-refractivity contribution in [3.8, 4) is 0 Å². The van der Waals surface area contributed by atoms with Gasteiger partial charge in [-0.2, -0.15) is 0 Å². The Morgan fingerprint density at radius 2 is 1.95 bits per heavy atom. The lowest BCUT2D eigenvalue weighted by atomic mass is 10.1. The summed E-state index contributed by atoms with van der Waals surface area (Å²) in [5.41, 5.74) is 2.84. The molecule has 0 aliphatic carbocycles. The van der Waals surface area contributed by atoms with Crippen LogP contribution in [0.4, 0.5) is 5.69 Å². The zero-order valence-electron chi connectivity index (χ0n) is 13.0. The Balaban J connectivity index is 2.02. The lowest BCUT2D eigenvalue weighted by Crippen LogP contribution is -2.44. The van der Waals surface area contributed by atoms with Crippen molar-refractivity contribution in [1.82, 2.24) is 9.88 Å². The number of piperazine rings is 1. The molecule has 1 fully saturated rings. The number of nitrogens with zero attached hydrogens (tertiary/aromatic N) is 4. The average Bonchev–Trinajstić information content (AvgIpc) is 2.51. The molecule has 3 rings (SSSR count). The smallest absolute Gasteiger partial charge is 0.301 e. The summed E-state index contributed by atoms with van der Waals surface area (Å²) < 4.78 is 0.968. The Morgan fingerprint density at radius 1 is 1.24 bits per heavy atom. The molecule has 21 heavy (non-hydrogen) atoms. The van der Waals surface area contributed by atoms with Gasteiger partial charge in [0.25, 0.3) is 0 Å². The summed E-state index contributed by atoms with van der Waals surface area (Å²) in [6, 6.07) is 6.26. The first-order valence-electron chi connectivity index (χ1n) is 7.56. The second-order valence-corrected chi connectivity index (χ2v) is 5.75. The van der Waals surface area contributed by atoms with Crippen molar-refractivity contribution in [2.24, 2.45) is 0 Å². The van der Waals surface area contributed by atoms with E-state index in [0.29, 0.717) is 12.2 Å². The van der Waals surface area contributed by atoms with Crippen LogP contribution in [0.5, 0.6) is 0 Å². The Bertz CT molecular complexity index is 663. The fourth-order valence-corrected chi connectivity index (χ4v) is 2.88. The maximum Gasteiger partial charge on any atom is 0.301 e. The molecule has 2 aromatic rings. The van der Waals surface area contributed by atoms with Crippen LogP contribution in [0, 0.1) is 12.1 Å². The number of hydrogen-bond donors (Lipinski definition) is 0. The highest BCUT2D eigenvalue weighted by atomic mass is 16.5. The monoisotopic (exact) mass is 286 g/mol. The molecule has 0 radical (unpaired) electrons. The van der Waals surface area contributed by atoms with E-state index in [2.05, 4.69) is 34.0 Å². The van der Waals surface area contributed by atoms with E-state index in [-0.39, 0.29) is 0 Å². The number of anilines is 1. The van der Waals surface area contributed by atoms with Crippen molar-refractivity contribution in [2.75, 3.05) is 38.1 Å². The lowest BCUT2D eigenvalue weighted by molar-refractivity contribution is -0.622. The molecule has 0 N–H and O–H groups in total. The maximum atomic E-state index is 12.2. The van der Waals surface area contributed by atoms with Crippen molar-refractivity contribution < 1.29 is 4.73 Å². The third-order valence-electron chi connectivity index (χ3n) is 4.34. The van der Waals surface area contributed by atoms with Crippen LogP contribution < -0.4 is 9.63 Å². The SMILES string of the molecule is CCc1nc2ccc(N3CCN(C)CC3)cc2c(C)[n+]1[O-]. The van der Waals surface area contributed by atoms with Gasteiger partial charge in [0.1, 0.15) is 5.69 Å². The van der Waals surface area contributed by atoms with Crippen LogP contribution in [0.2, 0.25) is 0 Å². The summed E-state index contributed by atoms with van der Waals surface area (Å²) in [5.74, 6) is 0.590. The van der Waals surface area contributed by atoms with Crippen LogP contribution in [0.25, 0.3) is 10.9 Å². The van der Waals surface area contributed by atoms with E-state index in [1.54, 1.807) is 0 Å². The van der Waals surface area contributed by atoms with Gasteiger partial charge in [-0.3, -0.25) is 0 Å². The molecule has 1 aromatic heterocycles. The second-order valence-electron chi connectivity index (χ2n) is 5.75. The highest BCUT2D eigenvalue weighted by Gasteiger charge is 2.18. The highest BCUT2D eigenvalue weighted by Crippen LogP contribution is 2.23. The third-order valence-corrected chi connectivity index (χ3v) is 4.34. The third kappa shape index (κ3) is 2.53. The van der Waals surface area contributed by atoms with E-state index < -0.39 is 0 Å². The van der Waals surface area contributed by atoms with Gasteiger partial charge in [0.05, 0.1) is 11.8 Å². The van der Waals surface area contributed by atoms with Crippen LogP contribution in [0.1, 0.15) is 18.4 Å². The van der Waals surface area contributed by atoms with Crippen molar-refractivity contribution in [2.45, 2.75) is 20.3 Å². The van der Waals surface area contributed by atoms with Gasteiger partial charge in [-0.25, -0.2) is 4.73 Å². The fourth-order valence-electron chi connectivity index (χ4n) is 2.88. The first-order chi connectivity index (χ1) is 10.1. The van der Waals surface area contributed by atoms with Crippen LogP contribution in [-0.2, 0) is 6.42 Å². The van der Waals surface area contributed by atoms with Crippen molar-refractivity contribution in [3.05, 3.63) is 34.9 Å². The van der Waals surface area contributed by atoms with E-state index in [1.165, 1.54) is 5.69 Å². The first-order valence-corrected chi connectivity index (χ1v) is 7.56. The molecule has 1 aliphatic rings. The average molecular weight is 286 g/mol. The summed E-state index contributed by atoms with van der Waals surface area (Å²) in [5, 5.41) is 13.1. The number of fused-ring (bicyclic) bond motifs is 1. The number of benzene rings is 1. The minimum Gasteiger partial charge on any atom is -0.711 e. The van der Waals surface area contributed by atoms with Gasteiger partial charge in [-0.1, -0.05) is 6.92 Å². The number of rotatable bonds is 2. The molecule has 1 aliphatic heterocycles. The predicted molar refractivity (Wildman–Crippen MR) is 84.5 cm³/mol. The van der Waals surface area contributed by atoms with Crippen molar-refractivity contribution in [3.63, 3.8) is 0 Å². The largest absolute Gasteiger partial charge is 0.711 e. The molecule has 0 atom stereocenters. The molecule has 5 heteroatoms. The van der Waals surface area contributed by atoms with E-state index in [1.807, 2.05) is 19.9 Å². The highest BCUT2D eigenvalue weighted by molar-refractivity contribution is 5.83. The molecule has 0 bridgehead atoms. The van der Waals surface area contributed by atoms with Gasteiger partial charge in [-0.05, 0) is 37.2 Å². The lowest BCUT2D eigenvalue weighted by Gasteiger charge is -2.34. The Kier molecular flexibility index (Phi) is 3.68. The predicted octanol–water partition coefficient (Wildman–Crippen LogP) is 1.49. The molecule has 2 heterocycles. The number of likely N-dealkylation sites (N-methyl/N-ethyl adjacent to an activating group) is 1. The zero-order valence-corrected chi connectivity index (χ0v) is 13.0. The van der Waals surface area contributed by atoms with Crippen LogP contribution in [-0.4, -0.2) is 43.1 Å². The molecule has 5 nitrogen and oxygen atoms in total. The molecular formula is C16H22N4O. The molecule has 1 saturated heterocycles. The van der Waals surface area contributed by atoms with Gasteiger partial charge >= 0.3 is 5.82 Å². The molecule has 0 spiro atoms. The van der Waals surface area contributed by atoms with E-state index in [0.717, 1.165) is 47.5 Å². The summed E-state index contributed by atoms with van der Waals surface area (Å²) in [6.45, 7) is 8.04. The molecule has 0 amide bonds. The summed E-state index contributed by atoms with van der Waals surface area (Å²) in [4.78, 5) is 9.19. The van der Waals surface area contributed by atoms with Gasteiger partial charge in [0, 0.05) is 31.9 Å². The van der Waals surface area contributed by atoms with Gasteiger partial charge in [0.15, 0.2) is 5.52 Å². The van der Waals surface area contributed by atoms with Gasteiger partial charge < -0.3 is 15.0 Å². The van der Waals surface area contributed by atoms with Crippen molar-refractivity contribution >= 4 is 16.6 Å². The number of hydrogen-bond acceptors (Lipinski definition) is 4. The van der Waals surface area contributed by atoms with Gasteiger partial charge in [-0.15, -0.1) is 0 Å². The van der Waals surface area contributed by atoms with Gasteiger partial charge in [0.2, 0.25) is 0 Å². The van der Waals surface area contributed by atoms with Crippen molar-refractivity contribution in [1.29, 1.82) is 0 Å². The summed E-state index contributed by atoms with van der Waals surface area (Å²) in [6.07, 6.45) is 0.653. The van der Waals surface area contributed by atoms with Crippen LogP contribution in [0.15, 0.2) is 18.2 Å². The van der Waals surface area contributed by atoms with Crippen LogP contribution >= 0.6 is 0 Å². The number of aryl methyl sites for hydroxylation is 2. The summed E-state index contributed by atoms with van der Waals surface area (Å²) in [7, 11) is 2.15. The summed E-state index contributed by atoms with van der Waals surface area (Å²) >= 11 is 0. The van der Waals surface area contributed by atoms with Crippen LogP contribution in [0.3, 0.4) is 0 Å². The topological polar surface area (TPSA) is 46.3 Å². The Labute approximate surface area is 125 Å². The Hall–Kier alpha value is -1.88. The quantitative estimate of drug-likeness (QED) is 0.620. The minimum atomic E-state index is 0.590. The first kappa shape index (κ1) is 14.1. The second kappa shape index (κ2) is 5.48. The van der Waals surface area contributed by atoms with E-state index in [4.69, 9.17) is 0 Å².